The highest BCUT2D eigenvalue weighted by atomic mass is 16.8. The van der Waals surface area contributed by atoms with E-state index in [1.54, 1.807) is 118 Å². The van der Waals surface area contributed by atoms with Crippen LogP contribution in [0, 0.1) is 0 Å². The zero-order chi connectivity index (χ0) is 35.3. The van der Waals surface area contributed by atoms with Crippen LogP contribution >= 0.6 is 0 Å². The molecular weight excluding hydrogens is 648 g/mol. The second-order valence-corrected chi connectivity index (χ2v) is 12.5. The number of carbonyl (C=O) groups is 3. The minimum atomic E-state index is -1.33. The number of carbonyl (C=O) groups excluding carboxylic acids is 3. The topological polar surface area (TPSA) is 134 Å². The average Bonchev–Trinajstić information content (AvgIpc) is 3.63. The monoisotopic (exact) mass is 688 g/mol. The maximum atomic E-state index is 13.5. The largest absolute Gasteiger partial charge is 0.459 e. The van der Waals surface area contributed by atoms with Crippen LogP contribution in [0.5, 0.6) is 0 Å². The summed E-state index contributed by atoms with van der Waals surface area (Å²) in [5, 5.41) is 0. The maximum Gasteiger partial charge on any atom is 0.338 e. The van der Waals surface area contributed by atoms with Gasteiger partial charge in [-0.3, -0.25) is 0 Å². The molecule has 0 bridgehead atoms. The van der Waals surface area contributed by atoms with Gasteiger partial charge in [-0.15, -0.1) is 6.58 Å². The van der Waals surface area contributed by atoms with Crippen LogP contribution in [-0.4, -0.2) is 92.2 Å². The van der Waals surface area contributed by atoms with Crippen LogP contribution in [0.1, 0.15) is 51.8 Å². The van der Waals surface area contributed by atoms with E-state index in [0.717, 1.165) is 0 Å². The lowest BCUT2D eigenvalue weighted by atomic mass is 9.99. The van der Waals surface area contributed by atoms with Crippen molar-refractivity contribution < 1.29 is 57.0 Å². The van der Waals surface area contributed by atoms with Crippen LogP contribution in [0.15, 0.2) is 104 Å². The predicted octanol–water partition coefficient (Wildman–Crippen LogP) is 4.87. The third kappa shape index (κ3) is 8.13. The molecule has 50 heavy (non-hydrogen) atoms. The van der Waals surface area contributed by atoms with Gasteiger partial charge in [0.1, 0.15) is 31.0 Å². The molecule has 0 radical (unpaired) electrons. The number of hydrogen-bond acceptors (Lipinski definition) is 12. The van der Waals surface area contributed by atoms with Crippen LogP contribution in [0.3, 0.4) is 0 Å². The van der Waals surface area contributed by atoms with Gasteiger partial charge in [0, 0.05) is 0 Å². The van der Waals surface area contributed by atoms with Gasteiger partial charge in [-0.05, 0) is 57.2 Å². The van der Waals surface area contributed by atoms with Crippen molar-refractivity contribution in [1.29, 1.82) is 0 Å². The Balaban J connectivity index is 1.31. The number of ether oxygens (including phenoxy) is 9. The highest BCUT2D eigenvalue weighted by Crippen LogP contribution is 2.41. The Labute approximate surface area is 290 Å². The lowest BCUT2D eigenvalue weighted by Gasteiger charge is -2.41. The first kappa shape index (κ1) is 35.4. The summed E-state index contributed by atoms with van der Waals surface area (Å²) in [6, 6.07) is 25.1. The molecule has 0 aliphatic carbocycles. The maximum absolute atomic E-state index is 13.5. The smallest absolute Gasteiger partial charge is 0.338 e. The van der Waals surface area contributed by atoms with Crippen molar-refractivity contribution in [2.45, 2.75) is 81.9 Å². The molecule has 3 aromatic carbocycles. The third-order valence-corrected chi connectivity index (χ3v) is 8.40. The highest BCUT2D eigenvalue weighted by Gasteiger charge is 2.58. The van der Waals surface area contributed by atoms with Gasteiger partial charge in [0.05, 0.1) is 29.4 Å². The van der Waals surface area contributed by atoms with E-state index >= 15 is 0 Å². The molecule has 6 rings (SSSR count). The molecule has 12 nitrogen and oxygen atoms in total. The minimum Gasteiger partial charge on any atom is -0.459 e. The molecule has 0 N–H and O–H groups in total. The van der Waals surface area contributed by atoms with E-state index in [0.29, 0.717) is 5.56 Å². The number of hydrogen-bond donors (Lipinski definition) is 0. The molecule has 0 saturated carbocycles. The Morgan fingerprint density at radius 3 is 1.78 bits per heavy atom. The lowest BCUT2D eigenvalue weighted by molar-refractivity contribution is -0.302. The van der Waals surface area contributed by atoms with E-state index in [9.17, 15) is 14.4 Å². The minimum absolute atomic E-state index is 0.219. The molecule has 3 aliphatic rings. The van der Waals surface area contributed by atoms with Gasteiger partial charge in [0.25, 0.3) is 0 Å². The van der Waals surface area contributed by atoms with Gasteiger partial charge >= 0.3 is 17.9 Å². The molecule has 3 fully saturated rings. The van der Waals surface area contributed by atoms with Crippen molar-refractivity contribution in [1.82, 2.24) is 0 Å². The Morgan fingerprint density at radius 1 is 0.700 bits per heavy atom. The van der Waals surface area contributed by atoms with Gasteiger partial charge in [-0.1, -0.05) is 60.7 Å². The number of fused-ring (bicyclic) bond motifs is 1. The van der Waals surface area contributed by atoms with Crippen molar-refractivity contribution in [3.05, 3.63) is 120 Å². The normalized spacial score (nSPS) is 29.8. The summed E-state index contributed by atoms with van der Waals surface area (Å²) in [6.45, 7) is 8.89. The van der Waals surface area contributed by atoms with E-state index in [2.05, 4.69) is 6.58 Å². The zero-order valence-corrected chi connectivity index (χ0v) is 28.0. The predicted molar refractivity (Wildman–Crippen MR) is 176 cm³/mol. The number of benzene rings is 3. The van der Waals surface area contributed by atoms with Gasteiger partial charge in [0.2, 0.25) is 0 Å². The zero-order valence-electron chi connectivity index (χ0n) is 28.0. The Bertz CT molecular complexity index is 1610. The van der Waals surface area contributed by atoms with E-state index in [1.165, 1.54) is 0 Å². The first-order valence-electron chi connectivity index (χ1n) is 16.4. The Kier molecular flexibility index (Phi) is 11.1. The summed E-state index contributed by atoms with van der Waals surface area (Å²) in [4.78, 5) is 39.9. The molecule has 0 spiro atoms. The molecule has 12 heteroatoms. The summed E-state index contributed by atoms with van der Waals surface area (Å²) in [5.74, 6) is -3.03. The molecule has 3 aliphatic heterocycles. The van der Waals surface area contributed by atoms with Gasteiger partial charge in [-0.2, -0.15) is 0 Å². The highest BCUT2D eigenvalue weighted by molar-refractivity contribution is 5.91. The van der Waals surface area contributed by atoms with Crippen LogP contribution in [0.2, 0.25) is 0 Å². The summed E-state index contributed by atoms with van der Waals surface area (Å²) in [7, 11) is 0. The van der Waals surface area contributed by atoms with E-state index in [4.69, 9.17) is 42.6 Å². The SMILES string of the molecule is C=CCO[C@@H]1O[C@@H](C)[C@H](O[C@@H]2O[C@@H](COC(=O)c3ccccc3)[C@H](OC(=O)c3ccccc3)[C@H]2OC(=O)c2ccccc2)[C@H]2OC(C)(C)O[C@@H]12. The quantitative estimate of drug-likeness (QED) is 0.146. The van der Waals surface area contributed by atoms with Crippen molar-refractivity contribution in [2.75, 3.05) is 13.2 Å². The number of esters is 3. The van der Waals surface area contributed by atoms with E-state index in [1.807, 2.05) is 0 Å². The molecule has 9 atom stereocenters. The lowest BCUT2D eigenvalue weighted by Crippen LogP contribution is -2.58. The summed E-state index contributed by atoms with van der Waals surface area (Å²) in [5.41, 5.74) is 0.826. The molecule has 3 aromatic rings. The molecule has 3 heterocycles. The number of rotatable bonds is 12. The first-order valence-corrected chi connectivity index (χ1v) is 16.4. The Hall–Kier alpha value is -4.43. The molecule has 3 saturated heterocycles. The van der Waals surface area contributed by atoms with Crippen LogP contribution < -0.4 is 0 Å². The van der Waals surface area contributed by atoms with E-state index < -0.39 is 79.0 Å². The molecule has 264 valence electrons. The van der Waals surface area contributed by atoms with Crippen LogP contribution in [0.25, 0.3) is 0 Å². The Morgan fingerprint density at radius 2 is 1.22 bits per heavy atom. The molecule has 0 aromatic heterocycles. The fourth-order valence-corrected chi connectivity index (χ4v) is 6.11. The first-order chi connectivity index (χ1) is 24.1. The summed E-state index contributed by atoms with van der Waals surface area (Å²) in [6.07, 6.45) is -7.03. The molecule has 0 amide bonds. The summed E-state index contributed by atoms with van der Waals surface area (Å²) >= 11 is 0. The van der Waals surface area contributed by atoms with Crippen molar-refractivity contribution in [3.63, 3.8) is 0 Å². The average molecular weight is 689 g/mol. The second-order valence-electron chi connectivity index (χ2n) is 12.5. The summed E-state index contributed by atoms with van der Waals surface area (Å²) < 4.78 is 55.1. The fourth-order valence-electron chi connectivity index (χ4n) is 6.11. The van der Waals surface area contributed by atoms with Crippen LogP contribution in [-0.2, 0) is 42.6 Å². The molecular formula is C38H40O12. The van der Waals surface area contributed by atoms with Gasteiger partial charge < -0.3 is 42.6 Å². The van der Waals surface area contributed by atoms with Crippen LogP contribution in [0.4, 0.5) is 0 Å². The second kappa shape index (κ2) is 15.6. The van der Waals surface area contributed by atoms with Crippen molar-refractivity contribution >= 4 is 17.9 Å². The van der Waals surface area contributed by atoms with Gasteiger partial charge in [-0.25, -0.2) is 14.4 Å². The van der Waals surface area contributed by atoms with Crippen molar-refractivity contribution in [3.8, 4) is 0 Å². The van der Waals surface area contributed by atoms with E-state index in [-0.39, 0.29) is 24.3 Å². The molecule has 0 unspecified atom stereocenters. The van der Waals surface area contributed by atoms with Crippen molar-refractivity contribution in [2.24, 2.45) is 0 Å². The van der Waals surface area contributed by atoms with Gasteiger partial charge in [0.15, 0.2) is 30.6 Å². The third-order valence-electron chi connectivity index (χ3n) is 8.40. The fraction of sp³-hybridized carbons (Fsp3) is 0.395. The standard InChI is InChI=1S/C38H40O12/c1-5-21-42-36-32-30(49-38(3,4)50-32)28(23(2)44-36)48-37-31(47-35(41)26-19-13-8-14-20-26)29(46-34(40)25-17-11-7-12-18-25)27(45-37)22-43-33(39)24-15-9-6-10-16-24/h5-20,23,27-32,36-37H,1,21-22H2,2-4H3/t23-,27-,28-,29-,30+,31+,32+,36+,37-/m0/s1.